The number of nitrogens with one attached hydrogen (secondary N) is 1. The van der Waals surface area contributed by atoms with Gasteiger partial charge < -0.3 is 4.74 Å². The maximum absolute atomic E-state index is 11.7. The lowest BCUT2D eigenvalue weighted by molar-refractivity contribution is -0.123. The highest BCUT2D eigenvalue weighted by atomic mass is 35.5. The van der Waals surface area contributed by atoms with E-state index >= 15 is 0 Å². The molecule has 0 radical (unpaired) electrons. The van der Waals surface area contributed by atoms with Crippen molar-refractivity contribution in [2.75, 3.05) is 6.61 Å². The maximum Gasteiger partial charge on any atom is 0.277 e. The standard InChI is InChI=1S/C15H16Cl2N4O2/c1-3-21-8-11(10(2)20-21)7-18-19-15(22)9-23-14-5-4-12(16)6-13(14)17/h4-8H,3,9H2,1-2H3,(H,19,22). The molecule has 0 aliphatic carbocycles. The predicted octanol–water partition coefficient (Wildman–Crippen LogP) is 3.05. The van der Waals surface area contributed by atoms with Crippen molar-refractivity contribution in [1.29, 1.82) is 0 Å². The van der Waals surface area contributed by atoms with E-state index in [1.165, 1.54) is 0 Å². The van der Waals surface area contributed by atoms with Crippen LogP contribution >= 0.6 is 23.2 Å². The molecule has 2 aromatic rings. The number of aromatic nitrogens is 2. The van der Waals surface area contributed by atoms with Crippen molar-refractivity contribution in [2.45, 2.75) is 20.4 Å². The molecule has 2 rings (SSSR count). The van der Waals surface area contributed by atoms with Crippen LogP contribution in [0.25, 0.3) is 0 Å². The van der Waals surface area contributed by atoms with Gasteiger partial charge in [0.15, 0.2) is 6.61 Å². The first-order chi connectivity index (χ1) is 11.0. The van der Waals surface area contributed by atoms with E-state index in [4.69, 9.17) is 27.9 Å². The Labute approximate surface area is 144 Å². The van der Waals surface area contributed by atoms with Gasteiger partial charge in [-0.3, -0.25) is 9.48 Å². The molecule has 1 N–H and O–H groups in total. The van der Waals surface area contributed by atoms with Crippen LogP contribution in [0.4, 0.5) is 0 Å². The third kappa shape index (κ3) is 4.97. The molecule has 8 heteroatoms. The average molecular weight is 355 g/mol. The van der Waals surface area contributed by atoms with Crippen molar-refractivity contribution in [3.8, 4) is 5.75 Å². The van der Waals surface area contributed by atoms with E-state index in [9.17, 15) is 4.79 Å². The molecule has 0 spiro atoms. The van der Waals surface area contributed by atoms with E-state index in [0.717, 1.165) is 17.8 Å². The van der Waals surface area contributed by atoms with E-state index in [0.29, 0.717) is 15.8 Å². The fourth-order valence-corrected chi connectivity index (χ4v) is 2.23. The number of hydrogen-bond donors (Lipinski definition) is 1. The minimum absolute atomic E-state index is 0.202. The lowest BCUT2D eigenvalue weighted by Gasteiger charge is -2.06. The Morgan fingerprint density at radius 2 is 2.26 bits per heavy atom. The molecule has 6 nitrogen and oxygen atoms in total. The number of carbonyl (C=O) groups excluding carboxylic acids is 1. The van der Waals surface area contributed by atoms with E-state index in [-0.39, 0.29) is 6.61 Å². The second-order valence-electron chi connectivity index (χ2n) is 4.68. The highest BCUT2D eigenvalue weighted by Crippen LogP contribution is 2.27. The van der Waals surface area contributed by atoms with Crippen molar-refractivity contribution in [2.24, 2.45) is 5.10 Å². The number of nitrogens with zero attached hydrogens (tertiary/aromatic N) is 3. The van der Waals surface area contributed by atoms with E-state index in [2.05, 4.69) is 15.6 Å². The number of hydrazone groups is 1. The molecule has 0 bridgehead atoms. The maximum atomic E-state index is 11.7. The van der Waals surface area contributed by atoms with Crippen LogP contribution in [0.1, 0.15) is 18.2 Å². The summed E-state index contributed by atoms with van der Waals surface area (Å²) in [6.45, 7) is 4.44. The molecule has 0 saturated carbocycles. The van der Waals surface area contributed by atoms with Crippen LogP contribution in [-0.4, -0.2) is 28.5 Å². The molecule has 0 aliphatic rings. The first-order valence-electron chi connectivity index (χ1n) is 6.93. The number of aryl methyl sites for hydroxylation is 2. The van der Waals surface area contributed by atoms with Crippen LogP contribution in [0.15, 0.2) is 29.5 Å². The molecular weight excluding hydrogens is 339 g/mol. The summed E-state index contributed by atoms with van der Waals surface area (Å²) in [5.74, 6) is -0.0111. The minimum Gasteiger partial charge on any atom is -0.482 e. The summed E-state index contributed by atoms with van der Waals surface area (Å²) in [4.78, 5) is 11.7. The van der Waals surface area contributed by atoms with Crippen LogP contribution in [0, 0.1) is 6.92 Å². The van der Waals surface area contributed by atoms with Crippen LogP contribution in [0.2, 0.25) is 10.0 Å². The molecule has 0 unspecified atom stereocenters. The zero-order valence-corrected chi connectivity index (χ0v) is 14.2. The second kappa shape index (κ2) is 7.99. The average Bonchev–Trinajstić information content (AvgIpc) is 2.87. The van der Waals surface area contributed by atoms with Crippen molar-refractivity contribution >= 4 is 35.3 Å². The summed E-state index contributed by atoms with van der Waals surface area (Å²) in [5, 5.41) is 9.01. The normalized spacial score (nSPS) is 11.0. The quantitative estimate of drug-likeness (QED) is 0.640. The Morgan fingerprint density at radius 1 is 1.48 bits per heavy atom. The third-order valence-corrected chi connectivity index (χ3v) is 3.48. The highest BCUT2D eigenvalue weighted by molar-refractivity contribution is 6.35. The van der Waals surface area contributed by atoms with Crippen molar-refractivity contribution in [3.63, 3.8) is 0 Å². The summed E-state index contributed by atoms with van der Waals surface area (Å²) in [7, 11) is 0. The molecule has 0 aliphatic heterocycles. The van der Waals surface area contributed by atoms with E-state index in [1.54, 1.807) is 29.1 Å². The third-order valence-electron chi connectivity index (χ3n) is 2.95. The summed E-state index contributed by atoms with van der Waals surface area (Å²) in [5.41, 5.74) is 4.07. The van der Waals surface area contributed by atoms with Crippen LogP contribution in [0.3, 0.4) is 0 Å². The smallest absolute Gasteiger partial charge is 0.277 e. The molecule has 0 saturated heterocycles. The molecule has 1 aromatic heterocycles. The first-order valence-corrected chi connectivity index (χ1v) is 7.69. The van der Waals surface area contributed by atoms with Crippen molar-refractivity contribution in [1.82, 2.24) is 15.2 Å². The first kappa shape index (κ1) is 17.3. The summed E-state index contributed by atoms with van der Waals surface area (Å²) in [6, 6.07) is 4.78. The molecule has 0 atom stereocenters. The Morgan fingerprint density at radius 3 is 2.91 bits per heavy atom. The molecule has 23 heavy (non-hydrogen) atoms. The minimum atomic E-state index is -0.396. The Hall–Kier alpha value is -2.05. The molecule has 1 heterocycles. The molecule has 0 fully saturated rings. The zero-order chi connectivity index (χ0) is 16.8. The summed E-state index contributed by atoms with van der Waals surface area (Å²) >= 11 is 11.7. The number of ether oxygens (including phenoxy) is 1. The van der Waals surface area contributed by atoms with Gasteiger partial charge in [-0.25, -0.2) is 5.43 Å². The summed E-state index contributed by atoms with van der Waals surface area (Å²) < 4.78 is 7.10. The molecular formula is C15H16Cl2N4O2. The van der Waals surface area contributed by atoms with Gasteiger partial charge in [0.1, 0.15) is 5.75 Å². The van der Waals surface area contributed by atoms with Gasteiger partial charge in [-0.15, -0.1) is 0 Å². The Balaban J connectivity index is 1.85. The largest absolute Gasteiger partial charge is 0.482 e. The number of carbonyl (C=O) groups is 1. The van der Waals surface area contributed by atoms with E-state index < -0.39 is 5.91 Å². The van der Waals surface area contributed by atoms with E-state index in [1.807, 2.05) is 20.0 Å². The van der Waals surface area contributed by atoms with Gasteiger partial charge in [0.25, 0.3) is 5.91 Å². The predicted molar refractivity (Wildman–Crippen MR) is 90.3 cm³/mol. The van der Waals surface area contributed by atoms with Gasteiger partial charge in [0.2, 0.25) is 0 Å². The summed E-state index contributed by atoms with van der Waals surface area (Å²) in [6.07, 6.45) is 3.40. The lowest BCUT2D eigenvalue weighted by Crippen LogP contribution is -2.24. The number of halogens is 2. The number of amides is 1. The van der Waals surface area contributed by atoms with Crippen molar-refractivity contribution in [3.05, 3.63) is 45.7 Å². The Bertz CT molecular complexity index is 728. The van der Waals surface area contributed by atoms with Crippen molar-refractivity contribution < 1.29 is 9.53 Å². The van der Waals surface area contributed by atoms with Gasteiger partial charge in [0.05, 0.1) is 16.9 Å². The van der Waals surface area contributed by atoms with Gasteiger partial charge in [-0.1, -0.05) is 23.2 Å². The second-order valence-corrected chi connectivity index (χ2v) is 5.53. The highest BCUT2D eigenvalue weighted by Gasteiger charge is 2.06. The van der Waals surface area contributed by atoms with Crippen LogP contribution in [-0.2, 0) is 11.3 Å². The van der Waals surface area contributed by atoms with Crippen LogP contribution in [0.5, 0.6) is 5.75 Å². The SMILES string of the molecule is CCn1cc(C=NNC(=O)COc2ccc(Cl)cc2Cl)c(C)n1. The molecule has 1 amide bonds. The van der Waals surface area contributed by atoms with Gasteiger partial charge in [-0.2, -0.15) is 10.2 Å². The van der Waals surface area contributed by atoms with Gasteiger partial charge in [0, 0.05) is 23.3 Å². The fraction of sp³-hybridized carbons (Fsp3) is 0.267. The number of rotatable bonds is 6. The topological polar surface area (TPSA) is 68.5 Å². The van der Waals surface area contributed by atoms with Gasteiger partial charge in [-0.05, 0) is 32.0 Å². The molecule has 1 aromatic carbocycles. The number of benzene rings is 1. The monoisotopic (exact) mass is 354 g/mol. The zero-order valence-electron chi connectivity index (χ0n) is 12.7. The molecule has 122 valence electrons. The number of hydrogen-bond acceptors (Lipinski definition) is 4. The van der Waals surface area contributed by atoms with Crippen LogP contribution < -0.4 is 10.2 Å². The lowest BCUT2D eigenvalue weighted by atomic mass is 10.3. The van der Waals surface area contributed by atoms with Gasteiger partial charge >= 0.3 is 0 Å². The fourth-order valence-electron chi connectivity index (χ4n) is 1.76. The Kier molecular flexibility index (Phi) is 6.01.